The summed E-state index contributed by atoms with van der Waals surface area (Å²) in [6.07, 6.45) is 7.99. The number of hydrogen-bond donors (Lipinski definition) is 1. The Labute approximate surface area is 108 Å². The second-order valence-corrected chi connectivity index (χ2v) is 6.80. The van der Waals surface area contributed by atoms with Gasteiger partial charge in [-0.1, -0.05) is 6.92 Å². The van der Waals surface area contributed by atoms with Gasteiger partial charge in [0.05, 0.1) is 6.20 Å². The first-order valence-corrected chi connectivity index (χ1v) is 7.56. The van der Waals surface area contributed by atoms with Gasteiger partial charge in [0.2, 0.25) is 0 Å². The van der Waals surface area contributed by atoms with Crippen molar-refractivity contribution in [1.82, 2.24) is 15.1 Å². The molecule has 1 aromatic rings. The highest BCUT2D eigenvalue weighted by atomic mass is 32.2. The van der Waals surface area contributed by atoms with Crippen LogP contribution < -0.4 is 5.32 Å². The van der Waals surface area contributed by atoms with Crippen molar-refractivity contribution in [2.75, 3.05) is 12.3 Å². The summed E-state index contributed by atoms with van der Waals surface area (Å²) in [5.74, 6) is 1.33. The topological polar surface area (TPSA) is 29.9 Å². The van der Waals surface area contributed by atoms with E-state index in [0.717, 1.165) is 26.1 Å². The standard InChI is InChI=1S/C13H23N3S/c1-3-6-16-10-12(9-15-16)8-14-11-13(2)5-4-7-17-13/h9-10,14H,3-8,11H2,1-2H3. The molecule has 0 spiro atoms. The number of nitrogens with zero attached hydrogens (tertiary/aromatic N) is 2. The molecule has 0 bridgehead atoms. The Morgan fingerprint density at radius 2 is 2.47 bits per heavy atom. The van der Waals surface area contributed by atoms with Gasteiger partial charge in [-0.2, -0.15) is 16.9 Å². The molecular formula is C13H23N3S. The van der Waals surface area contributed by atoms with Crippen molar-refractivity contribution in [1.29, 1.82) is 0 Å². The summed E-state index contributed by atoms with van der Waals surface area (Å²) in [6, 6.07) is 0. The largest absolute Gasteiger partial charge is 0.311 e. The summed E-state index contributed by atoms with van der Waals surface area (Å²) in [5, 5.41) is 7.91. The Hall–Kier alpha value is -0.480. The molecule has 96 valence electrons. The van der Waals surface area contributed by atoms with Crippen molar-refractivity contribution in [2.45, 2.75) is 50.9 Å². The van der Waals surface area contributed by atoms with Gasteiger partial charge in [0.15, 0.2) is 0 Å². The smallest absolute Gasteiger partial charge is 0.0534 e. The molecule has 1 aliphatic heterocycles. The Balaban J connectivity index is 1.73. The van der Waals surface area contributed by atoms with Crippen LogP contribution in [-0.2, 0) is 13.1 Å². The first kappa shape index (κ1) is 13.0. The van der Waals surface area contributed by atoms with Gasteiger partial charge in [-0.3, -0.25) is 4.68 Å². The minimum atomic E-state index is 0.458. The molecule has 0 radical (unpaired) electrons. The van der Waals surface area contributed by atoms with Crippen LogP contribution in [0.1, 0.15) is 38.7 Å². The third-order valence-electron chi connectivity index (χ3n) is 3.27. The Morgan fingerprint density at radius 1 is 1.59 bits per heavy atom. The van der Waals surface area contributed by atoms with Crippen LogP contribution in [0.3, 0.4) is 0 Å². The first-order valence-electron chi connectivity index (χ1n) is 6.58. The molecule has 0 aromatic carbocycles. The van der Waals surface area contributed by atoms with E-state index in [-0.39, 0.29) is 0 Å². The molecule has 1 N–H and O–H groups in total. The first-order chi connectivity index (χ1) is 8.22. The zero-order valence-corrected chi connectivity index (χ0v) is 11.7. The van der Waals surface area contributed by atoms with Gasteiger partial charge in [-0.25, -0.2) is 0 Å². The van der Waals surface area contributed by atoms with E-state index in [1.807, 2.05) is 10.9 Å². The van der Waals surface area contributed by atoms with Crippen molar-refractivity contribution in [3.05, 3.63) is 18.0 Å². The molecule has 17 heavy (non-hydrogen) atoms. The predicted octanol–water partition coefficient (Wildman–Crippen LogP) is 2.67. The fraction of sp³-hybridized carbons (Fsp3) is 0.769. The van der Waals surface area contributed by atoms with Gasteiger partial charge in [0.1, 0.15) is 0 Å². The molecular weight excluding hydrogens is 230 g/mol. The molecule has 2 rings (SSSR count). The number of nitrogens with one attached hydrogen (secondary N) is 1. The summed E-state index contributed by atoms with van der Waals surface area (Å²) in [7, 11) is 0. The molecule has 4 heteroatoms. The lowest BCUT2D eigenvalue weighted by Gasteiger charge is -2.22. The minimum Gasteiger partial charge on any atom is -0.311 e. The molecule has 1 aromatic heterocycles. The molecule has 0 saturated carbocycles. The van der Waals surface area contributed by atoms with Crippen molar-refractivity contribution < 1.29 is 0 Å². The minimum absolute atomic E-state index is 0.458. The Kier molecular flexibility index (Phi) is 4.51. The van der Waals surface area contributed by atoms with E-state index in [2.05, 4.69) is 42.2 Å². The van der Waals surface area contributed by atoms with Gasteiger partial charge in [0, 0.05) is 36.1 Å². The molecule has 0 amide bonds. The SMILES string of the molecule is CCCn1cc(CNCC2(C)CCCS2)cn1. The van der Waals surface area contributed by atoms with Crippen LogP contribution in [-0.4, -0.2) is 26.8 Å². The maximum atomic E-state index is 4.35. The second-order valence-electron chi connectivity index (χ2n) is 5.12. The highest BCUT2D eigenvalue weighted by Crippen LogP contribution is 2.36. The van der Waals surface area contributed by atoms with Crippen LogP contribution in [0.5, 0.6) is 0 Å². The van der Waals surface area contributed by atoms with Gasteiger partial charge in [-0.05, 0) is 31.9 Å². The van der Waals surface area contributed by atoms with Gasteiger partial charge < -0.3 is 5.32 Å². The zero-order chi connectivity index (χ0) is 12.1. The van der Waals surface area contributed by atoms with E-state index in [0.29, 0.717) is 4.75 Å². The second kappa shape index (κ2) is 5.91. The highest BCUT2D eigenvalue weighted by Gasteiger charge is 2.28. The Morgan fingerprint density at radius 3 is 3.18 bits per heavy atom. The van der Waals surface area contributed by atoms with Crippen LogP contribution in [0.2, 0.25) is 0 Å². The zero-order valence-electron chi connectivity index (χ0n) is 10.9. The number of rotatable bonds is 6. The van der Waals surface area contributed by atoms with E-state index < -0.39 is 0 Å². The van der Waals surface area contributed by atoms with E-state index in [1.165, 1.54) is 24.2 Å². The van der Waals surface area contributed by atoms with Crippen LogP contribution >= 0.6 is 11.8 Å². The Bertz CT molecular complexity index is 342. The predicted molar refractivity (Wildman–Crippen MR) is 74.3 cm³/mol. The average molecular weight is 253 g/mol. The number of aromatic nitrogens is 2. The molecule has 1 aliphatic rings. The van der Waals surface area contributed by atoms with Crippen LogP contribution in [0, 0.1) is 0 Å². The van der Waals surface area contributed by atoms with E-state index in [4.69, 9.17) is 0 Å². The summed E-state index contributed by atoms with van der Waals surface area (Å²) in [6.45, 7) is 7.62. The fourth-order valence-electron chi connectivity index (χ4n) is 2.30. The van der Waals surface area contributed by atoms with Gasteiger partial charge in [0.25, 0.3) is 0 Å². The summed E-state index contributed by atoms with van der Waals surface area (Å²) in [5.41, 5.74) is 1.30. The number of thioether (sulfide) groups is 1. The van der Waals surface area contributed by atoms with Crippen molar-refractivity contribution in [3.8, 4) is 0 Å². The van der Waals surface area contributed by atoms with Crippen LogP contribution in [0.4, 0.5) is 0 Å². The lowest BCUT2D eigenvalue weighted by atomic mass is 10.1. The molecule has 1 atom stereocenters. The summed E-state index contributed by atoms with van der Waals surface area (Å²) in [4.78, 5) is 0. The van der Waals surface area contributed by atoms with Crippen molar-refractivity contribution in [3.63, 3.8) is 0 Å². The maximum Gasteiger partial charge on any atom is 0.0534 e. The summed E-state index contributed by atoms with van der Waals surface area (Å²) >= 11 is 2.11. The lowest BCUT2D eigenvalue weighted by molar-refractivity contribution is 0.536. The quantitative estimate of drug-likeness (QED) is 0.845. The highest BCUT2D eigenvalue weighted by molar-refractivity contribution is 8.00. The van der Waals surface area contributed by atoms with Crippen molar-refractivity contribution >= 4 is 11.8 Å². The molecule has 1 unspecified atom stereocenters. The van der Waals surface area contributed by atoms with Crippen LogP contribution in [0.25, 0.3) is 0 Å². The van der Waals surface area contributed by atoms with Gasteiger partial charge >= 0.3 is 0 Å². The monoisotopic (exact) mass is 253 g/mol. The maximum absolute atomic E-state index is 4.35. The molecule has 1 saturated heterocycles. The number of hydrogen-bond acceptors (Lipinski definition) is 3. The van der Waals surface area contributed by atoms with Gasteiger partial charge in [-0.15, -0.1) is 0 Å². The molecule has 0 aliphatic carbocycles. The van der Waals surface area contributed by atoms with E-state index in [9.17, 15) is 0 Å². The third-order valence-corrected chi connectivity index (χ3v) is 4.81. The van der Waals surface area contributed by atoms with E-state index >= 15 is 0 Å². The van der Waals surface area contributed by atoms with Crippen LogP contribution in [0.15, 0.2) is 12.4 Å². The molecule has 2 heterocycles. The number of aryl methyl sites for hydroxylation is 1. The van der Waals surface area contributed by atoms with E-state index in [1.54, 1.807) is 0 Å². The normalized spacial score (nSPS) is 24.4. The molecule has 1 fully saturated rings. The molecule has 3 nitrogen and oxygen atoms in total. The fourth-order valence-corrected chi connectivity index (χ4v) is 3.57. The van der Waals surface area contributed by atoms with Crippen molar-refractivity contribution in [2.24, 2.45) is 0 Å². The summed E-state index contributed by atoms with van der Waals surface area (Å²) < 4.78 is 2.49. The third kappa shape index (κ3) is 3.75. The lowest BCUT2D eigenvalue weighted by Crippen LogP contribution is -2.32. The average Bonchev–Trinajstić information content (AvgIpc) is 2.90.